The first-order valence-corrected chi connectivity index (χ1v) is 5.22. The highest BCUT2D eigenvalue weighted by Gasteiger charge is 2.05. The highest BCUT2D eigenvalue weighted by Crippen LogP contribution is 2.19. The van der Waals surface area contributed by atoms with E-state index in [9.17, 15) is 0 Å². The standard InChI is InChI=1S/C9H17NS/c1-8(2)9(3)11-7-5-4-6-10/h8-9H,4-5,7H2,1-3H3. The fourth-order valence-electron chi connectivity index (χ4n) is 0.613. The third-order valence-electron chi connectivity index (χ3n) is 1.75. The van der Waals surface area contributed by atoms with Crippen LogP contribution in [0.3, 0.4) is 0 Å². The summed E-state index contributed by atoms with van der Waals surface area (Å²) in [5.41, 5.74) is 0. The van der Waals surface area contributed by atoms with Crippen molar-refractivity contribution in [3.05, 3.63) is 0 Å². The van der Waals surface area contributed by atoms with Crippen LogP contribution in [0.15, 0.2) is 0 Å². The van der Waals surface area contributed by atoms with Gasteiger partial charge in [0.15, 0.2) is 0 Å². The Balaban J connectivity index is 3.19. The van der Waals surface area contributed by atoms with Crippen molar-refractivity contribution in [3.63, 3.8) is 0 Å². The van der Waals surface area contributed by atoms with E-state index in [2.05, 4.69) is 26.8 Å². The van der Waals surface area contributed by atoms with E-state index in [4.69, 9.17) is 5.26 Å². The average molecular weight is 171 g/mol. The van der Waals surface area contributed by atoms with E-state index >= 15 is 0 Å². The zero-order valence-corrected chi connectivity index (χ0v) is 8.45. The predicted octanol–water partition coefficient (Wildman–Crippen LogP) is 3.07. The van der Waals surface area contributed by atoms with Crippen LogP contribution in [0.5, 0.6) is 0 Å². The van der Waals surface area contributed by atoms with Crippen molar-refractivity contribution in [1.29, 1.82) is 5.26 Å². The van der Waals surface area contributed by atoms with Gasteiger partial charge in [-0.3, -0.25) is 0 Å². The second kappa shape index (κ2) is 6.54. The molecule has 0 aliphatic carbocycles. The lowest BCUT2D eigenvalue weighted by Crippen LogP contribution is -2.06. The van der Waals surface area contributed by atoms with Gasteiger partial charge in [-0.15, -0.1) is 0 Å². The summed E-state index contributed by atoms with van der Waals surface area (Å²) in [6.45, 7) is 6.73. The Bertz CT molecular complexity index is 126. The predicted molar refractivity (Wildman–Crippen MR) is 51.6 cm³/mol. The van der Waals surface area contributed by atoms with Crippen LogP contribution in [-0.2, 0) is 0 Å². The molecular weight excluding hydrogens is 154 g/mol. The molecule has 0 aliphatic rings. The van der Waals surface area contributed by atoms with Gasteiger partial charge in [-0.2, -0.15) is 17.0 Å². The molecule has 0 N–H and O–H groups in total. The summed E-state index contributed by atoms with van der Waals surface area (Å²) >= 11 is 1.97. The lowest BCUT2D eigenvalue weighted by Gasteiger charge is -2.13. The molecule has 0 amide bonds. The Hall–Kier alpha value is -0.160. The van der Waals surface area contributed by atoms with Crippen LogP contribution in [0.25, 0.3) is 0 Å². The molecule has 0 spiro atoms. The number of unbranched alkanes of at least 4 members (excludes halogenated alkanes) is 1. The Kier molecular flexibility index (Phi) is 6.45. The number of nitriles is 1. The van der Waals surface area contributed by atoms with Crippen LogP contribution in [0.2, 0.25) is 0 Å². The third kappa shape index (κ3) is 6.25. The summed E-state index contributed by atoms with van der Waals surface area (Å²) in [7, 11) is 0. The number of hydrogen-bond donors (Lipinski definition) is 0. The monoisotopic (exact) mass is 171 g/mol. The highest BCUT2D eigenvalue weighted by atomic mass is 32.2. The average Bonchev–Trinajstić information content (AvgIpc) is 1.97. The van der Waals surface area contributed by atoms with Gasteiger partial charge in [0.25, 0.3) is 0 Å². The lowest BCUT2D eigenvalue weighted by molar-refractivity contribution is 0.641. The molecule has 0 fully saturated rings. The number of hydrogen-bond acceptors (Lipinski definition) is 2. The van der Waals surface area contributed by atoms with Crippen molar-refractivity contribution < 1.29 is 0 Å². The minimum absolute atomic E-state index is 0.706. The highest BCUT2D eigenvalue weighted by molar-refractivity contribution is 7.99. The van der Waals surface area contributed by atoms with Crippen LogP contribution in [0.1, 0.15) is 33.6 Å². The zero-order valence-electron chi connectivity index (χ0n) is 7.63. The van der Waals surface area contributed by atoms with Gasteiger partial charge in [-0.25, -0.2) is 0 Å². The van der Waals surface area contributed by atoms with Crippen molar-refractivity contribution in [2.45, 2.75) is 38.9 Å². The number of rotatable bonds is 5. The molecule has 1 unspecified atom stereocenters. The number of thioether (sulfide) groups is 1. The van der Waals surface area contributed by atoms with Crippen LogP contribution < -0.4 is 0 Å². The van der Waals surface area contributed by atoms with Crippen LogP contribution >= 0.6 is 11.8 Å². The fourth-order valence-corrected chi connectivity index (χ4v) is 1.68. The van der Waals surface area contributed by atoms with E-state index in [1.165, 1.54) is 0 Å². The lowest BCUT2D eigenvalue weighted by atomic mass is 10.2. The summed E-state index contributed by atoms with van der Waals surface area (Å²) in [6, 6.07) is 2.16. The van der Waals surface area contributed by atoms with Crippen LogP contribution in [0.4, 0.5) is 0 Å². The van der Waals surface area contributed by atoms with Gasteiger partial charge < -0.3 is 0 Å². The summed E-state index contributed by atoms with van der Waals surface area (Å²) in [6.07, 6.45) is 1.75. The largest absolute Gasteiger partial charge is 0.198 e. The van der Waals surface area contributed by atoms with Crippen LogP contribution in [0, 0.1) is 17.2 Å². The minimum atomic E-state index is 0.706. The number of nitrogens with zero attached hydrogens (tertiary/aromatic N) is 1. The maximum Gasteiger partial charge on any atom is 0.0622 e. The Labute approximate surface area is 74.2 Å². The zero-order chi connectivity index (χ0) is 8.69. The van der Waals surface area contributed by atoms with E-state index in [1.54, 1.807) is 0 Å². The molecule has 11 heavy (non-hydrogen) atoms. The van der Waals surface area contributed by atoms with Gasteiger partial charge >= 0.3 is 0 Å². The first kappa shape index (κ1) is 10.8. The van der Waals surface area contributed by atoms with E-state index < -0.39 is 0 Å². The van der Waals surface area contributed by atoms with E-state index in [0.29, 0.717) is 6.42 Å². The molecule has 0 aromatic heterocycles. The van der Waals surface area contributed by atoms with E-state index in [-0.39, 0.29) is 0 Å². The van der Waals surface area contributed by atoms with Crippen LogP contribution in [-0.4, -0.2) is 11.0 Å². The van der Waals surface area contributed by atoms with E-state index in [1.807, 2.05) is 11.8 Å². The summed E-state index contributed by atoms with van der Waals surface area (Å²) in [5.74, 6) is 1.88. The summed E-state index contributed by atoms with van der Waals surface area (Å²) < 4.78 is 0. The first-order valence-electron chi connectivity index (χ1n) is 4.17. The molecule has 0 bridgehead atoms. The molecule has 2 heteroatoms. The second-order valence-electron chi connectivity index (χ2n) is 3.08. The summed E-state index contributed by atoms with van der Waals surface area (Å²) in [4.78, 5) is 0. The molecule has 0 aromatic carbocycles. The van der Waals surface area contributed by atoms with Crippen molar-refractivity contribution in [3.8, 4) is 6.07 Å². The topological polar surface area (TPSA) is 23.8 Å². The molecule has 0 heterocycles. The molecule has 0 radical (unpaired) electrons. The molecular formula is C9H17NS. The van der Waals surface area contributed by atoms with Gasteiger partial charge in [0.1, 0.15) is 0 Å². The minimum Gasteiger partial charge on any atom is -0.198 e. The normalized spacial score (nSPS) is 13.0. The Morgan fingerprint density at radius 2 is 2.00 bits per heavy atom. The first-order chi connectivity index (χ1) is 5.18. The van der Waals surface area contributed by atoms with Gasteiger partial charge in [-0.05, 0) is 18.1 Å². The van der Waals surface area contributed by atoms with Gasteiger partial charge in [0.05, 0.1) is 6.07 Å². The Morgan fingerprint density at radius 3 is 2.45 bits per heavy atom. The maximum absolute atomic E-state index is 8.28. The van der Waals surface area contributed by atoms with Gasteiger partial charge in [0.2, 0.25) is 0 Å². The fraction of sp³-hybridized carbons (Fsp3) is 0.889. The molecule has 0 aliphatic heterocycles. The molecule has 64 valence electrons. The van der Waals surface area contributed by atoms with Crippen molar-refractivity contribution in [2.75, 3.05) is 5.75 Å². The van der Waals surface area contributed by atoms with Gasteiger partial charge in [-0.1, -0.05) is 20.8 Å². The molecule has 0 rings (SSSR count). The molecule has 1 atom stereocenters. The van der Waals surface area contributed by atoms with Gasteiger partial charge in [0, 0.05) is 11.7 Å². The maximum atomic E-state index is 8.28. The molecule has 0 saturated heterocycles. The quantitative estimate of drug-likeness (QED) is 0.594. The van der Waals surface area contributed by atoms with E-state index in [0.717, 1.165) is 23.3 Å². The Morgan fingerprint density at radius 1 is 1.36 bits per heavy atom. The molecule has 1 nitrogen and oxygen atoms in total. The summed E-state index contributed by atoms with van der Waals surface area (Å²) in [5, 5.41) is 9.01. The smallest absolute Gasteiger partial charge is 0.0622 e. The second-order valence-corrected chi connectivity index (χ2v) is 4.57. The third-order valence-corrected chi connectivity index (χ3v) is 3.35. The SMILES string of the molecule is CC(C)C(C)SCCCC#N. The molecule has 0 saturated carbocycles. The van der Waals surface area contributed by atoms with Crippen molar-refractivity contribution in [1.82, 2.24) is 0 Å². The van der Waals surface area contributed by atoms with Crippen molar-refractivity contribution in [2.24, 2.45) is 5.92 Å². The van der Waals surface area contributed by atoms with Crippen molar-refractivity contribution >= 4 is 11.8 Å². The molecule has 0 aromatic rings.